The second-order valence-electron chi connectivity index (χ2n) is 6.89. The third-order valence-corrected chi connectivity index (χ3v) is 4.43. The summed E-state index contributed by atoms with van der Waals surface area (Å²) in [5.74, 6) is -0.751. The second kappa shape index (κ2) is 9.17. The molecule has 0 radical (unpaired) electrons. The maximum atomic E-state index is 12.6. The van der Waals surface area contributed by atoms with E-state index in [0.717, 1.165) is 16.8 Å². The zero-order valence-electron chi connectivity index (χ0n) is 16.9. The van der Waals surface area contributed by atoms with Crippen LogP contribution in [0.25, 0.3) is 0 Å². The number of aryl methyl sites for hydroxylation is 1. The number of benzene rings is 2. The van der Waals surface area contributed by atoms with Gasteiger partial charge in [-0.05, 0) is 48.2 Å². The maximum Gasteiger partial charge on any atom is 0.337 e. The average molecular weight is 382 g/mol. The Balaban J connectivity index is 2.21. The molecule has 0 aliphatic rings. The van der Waals surface area contributed by atoms with Gasteiger partial charge in [-0.3, -0.25) is 9.59 Å². The summed E-state index contributed by atoms with van der Waals surface area (Å²) in [6, 6.07) is 12.2. The summed E-state index contributed by atoms with van der Waals surface area (Å²) < 4.78 is 4.66. The number of nitrogens with zero attached hydrogens (tertiary/aromatic N) is 1. The fourth-order valence-corrected chi connectivity index (χ4v) is 3.02. The number of rotatable bonds is 6. The predicted octanol–water partition coefficient (Wildman–Crippen LogP) is 3.90. The highest BCUT2D eigenvalue weighted by Crippen LogP contribution is 2.31. The standard InChI is InChI=1S/C22H26N2O4/c1-14(2)19-8-6-7-15(3)21(19)24(16(4)25)13-20(26)23-18-11-9-17(10-12-18)22(27)28-5/h6-12,14H,13H2,1-5H3,(H,23,26). The molecule has 6 nitrogen and oxygen atoms in total. The molecule has 2 aromatic carbocycles. The van der Waals surface area contributed by atoms with Gasteiger partial charge in [-0.2, -0.15) is 0 Å². The average Bonchev–Trinajstić information content (AvgIpc) is 2.66. The van der Waals surface area contributed by atoms with Crippen molar-refractivity contribution in [2.24, 2.45) is 0 Å². The lowest BCUT2D eigenvalue weighted by molar-refractivity contribution is -0.120. The van der Waals surface area contributed by atoms with Crippen LogP contribution >= 0.6 is 0 Å². The predicted molar refractivity (Wildman–Crippen MR) is 110 cm³/mol. The summed E-state index contributed by atoms with van der Waals surface area (Å²) >= 11 is 0. The second-order valence-corrected chi connectivity index (χ2v) is 6.89. The van der Waals surface area contributed by atoms with E-state index in [1.165, 1.54) is 18.9 Å². The lowest BCUT2D eigenvalue weighted by Gasteiger charge is -2.27. The summed E-state index contributed by atoms with van der Waals surface area (Å²) in [6.45, 7) is 7.40. The van der Waals surface area contributed by atoms with E-state index in [1.54, 1.807) is 24.3 Å². The summed E-state index contributed by atoms with van der Waals surface area (Å²) in [6.07, 6.45) is 0. The molecular formula is C22H26N2O4. The van der Waals surface area contributed by atoms with Gasteiger partial charge in [0.05, 0.1) is 18.4 Å². The van der Waals surface area contributed by atoms with Gasteiger partial charge in [0.2, 0.25) is 11.8 Å². The van der Waals surface area contributed by atoms with E-state index in [9.17, 15) is 14.4 Å². The molecule has 0 fully saturated rings. The van der Waals surface area contributed by atoms with Crippen LogP contribution in [0, 0.1) is 6.92 Å². The molecule has 148 valence electrons. The molecule has 2 amide bonds. The molecule has 1 N–H and O–H groups in total. The van der Waals surface area contributed by atoms with Crippen LogP contribution in [-0.2, 0) is 14.3 Å². The highest BCUT2D eigenvalue weighted by atomic mass is 16.5. The van der Waals surface area contributed by atoms with Gasteiger partial charge in [0.1, 0.15) is 6.54 Å². The topological polar surface area (TPSA) is 75.7 Å². The van der Waals surface area contributed by atoms with Gasteiger partial charge in [0, 0.05) is 12.6 Å². The molecular weight excluding hydrogens is 356 g/mol. The molecule has 0 aliphatic heterocycles. The number of nitrogens with one attached hydrogen (secondary N) is 1. The third-order valence-electron chi connectivity index (χ3n) is 4.43. The lowest BCUT2D eigenvalue weighted by atomic mass is 9.97. The minimum absolute atomic E-state index is 0.0986. The van der Waals surface area contributed by atoms with Crippen molar-refractivity contribution in [1.29, 1.82) is 0 Å². The van der Waals surface area contributed by atoms with Crippen molar-refractivity contribution in [2.75, 3.05) is 23.9 Å². The monoisotopic (exact) mass is 382 g/mol. The van der Waals surface area contributed by atoms with Crippen LogP contribution in [0.4, 0.5) is 11.4 Å². The van der Waals surface area contributed by atoms with Crippen molar-refractivity contribution >= 4 is 29.2 Å². The summed E-state index contributed by atoms with van der Waals surface area (Å²) in [4.78, 5) is 37.9. The number of para-hydroxylation sites is 1. The van der Waals surface area contributed by atoms with Gasteiger partial charge in [0.15, 0.2) is 0 Å². The maximum absolute atomic E-state index is 12.6. The van der Waals surface area contributed by atoms with Gasteiger partial charge < -0.3 is 15.0 Å². The molecule has 0 unspecified atom stereocenters. The van der Waals surface area contributed by atoms with E-state index in [0.29, 0.717) is 11.3 Å². The number of carbonyl (C=O) groups is 3. The Morgan fingerprint density at radius 2 is 1.71 bits per heavy atom. The first-order chi connectivity index (χ1) is 13.2. The fraction of sp³-hybridized carbons (Fsp3) is 0.318. The van der Waals surface area contributed by atoms with E-state index < -0.39 is 5.97 Å². The Morgan fingerprint density at radius 1 is 1.07 bits per heavy atom. The molecule has 0 heterocycles. The Labute approximate surface area is 165 Å². The molecule has 0 bridgehead atoms. The molecule has 0 spiro atoms. The van der Waals surface area contributed by atoms with Crippen LogP contribution in [0.5, 0.6) is 0 Å². The Morgan fingerprint density at radius 3 is 2.25 bits per heavy atom. The number of hydrogen-bond donors (Lipinski definition) is 1. The van der Waals surface area contributed by atoms with Gasteiger partial charge in [-0.15, -0.1) is 0 Å². The van der Waals surface area contributed by atoms with Crippen molar-refractivity contribution in [2.45, 2.75) is 33.6 Å². The molecule has 0 saturated carbocycles. The highest BCUT2D eigenvalue weighted by Gasteiger charge is 2.22. The number of carbonyl (C=O) groups excluding carboxylic acids is 3. The summed E-state index contributed by atoms with van der Waals surface area (Å²) in [7, 11) is 1.31. The van der Waals surface area contributed by atoms with Crippen molar-refractivity contribution in [3.8, 4) is 0 Å². The van der Waals surface area contributed by atoms with E-state index >= 15 is 0 Å². The zero-order chi connectivity index (χ0) is 20.8. The number of ether oxygens (including phenoxy) is 1. The Bertz CT molecular complexity index is 873. The minimum Gasteiger partial charge on any atom is -0.465 e. The smallest absolute Gasteiger partial charge is 0.337 e. The van der Waals surface area contributed by atoms with E-state index in [-0.39, 0.29) is 24.3 Å². The number of anilines is 2. The van der Waals surface area contributed by atoms with Gasteiger partial charge in [-0.1, -0.05) is 32.0 Å². The van der Waals surface area contributed by atoms with Gasteiger partial charge in [-0.25, -0.2) is 4.79 Å². The number of methoxy groups -OCH3 is 1. The van der Waals surface area contributed by atoms with Crippen molar-refractivity contribution < 1.29 is 19.1 Å². The SMILES string of the molecule is COC(=O)c1ccc(NC(=O)CN(C(C)=O)c2c(C)cccc2C(C)C)cc1. The van der Waals surface area contributed by atoms with E-state index in [4.69, 9.17) is 0 Å². The van der Waals surface area contributed by atoms with Gasteiger partial charge >= 0.3 is 5.97 Å². The molecule has 0 aliphatic carbocycles. The highest BCUT2D eigenvalue weighted by molar-refractivity contribution is 6.03. The number of hydrogen-bond acceptors (Lipinski definition) is 4. The molecule has 2 aromatic rings. The van der Waals surface area contributed by atoms with Crippen LogP contribution in [0.15, 0.2) is 42.5 Å². The first-order valence-corrected chi connectivity index (χ1v) is 9.10. The molecule has 6 heteroatoms. The molecule has 2 rings (SSSR count). The summed E-state index contributed by atoms with van der Waals surface area (Å²) in [5, 5.41) is 2.76. The zero-order valence-corrected chi connectivity index (χ0v) is 16.9. The fourth-order valence-electron chi connectivity index (χ4n) is 3.02. The van der Waals surface area contributed by atoms with Crippen molar-refractivity contribution in [3.63, 3.8) is 0 Å². The molecule has 0 aromatic heterocycles. The van der Waals surface area contributed by atoms with Crippen molar-refractivity contribution in [1.82, 2.24) is 0 Å². The minimum atomic E-state index is -0.443. The van der Waals surface area contributed by atoms with Crippen LogP contribution in [0.3, 0.4) is 0 Å². The first kappa shape index (κ1) is 21.2. The van der Waals surface area contributed by atoms with Crippen LogP contribution in [0.1, 0.15) is 48.2 Å². The largest absolute Gasteiger partial charge is 0.465 e. The van der Waals surface area contributed by atoms with E-state index in [1.807, 2.05) is 25.1 Å². The van der Waals surface area contributed by atoms with Crippen molar-refractivity contribution in [3.05, 3.63) is 59.2 Å². The number of esters is 1. The Kier molecular flexibility index (Phi) is 6.93. The normalized spacial score (nSPS) is 10.5. The third kappa shape index (κ3) is 4.97. The molecule has 28 heavy (non-hydrogen) atoms. The van der Waals surface area contributed by atoms with Gasteiger partial charge in [0.25, 0.3) is 0 Å². The number of amides is 2. The van der Waals surface area contributed by atoms with E-state index in [2.05, 4.69) is 23.9 Å². The van der Waals surface area contributed by atoms with Crippen LogP contribution < -0.4 is 10.2 Å². The quantitative estimate of drug-likeness (QED) is 0.769. The molecule has 0 atom stereocenters. The Hall–Kier alpha value is -3.15. The van der Waals surface area contributed by atoms with Crippen LogP contribution in [-0.4, -0.2) is 31.4 Å². The van der Waals surface area contributed by atoms with Crippen LogP contribution in [0.2, 0.25) is 0 Å². The summed E-state index contributed by atoms with van der Waals surface area (Å²) in [5.41, 5.74) is 3.67. The first-order valence-electron chi connectivity index (χ1n) is 9.10. The molecule has 0 saturated heterocycles. The lowest BCUT2D eigenvalue weighted by Crippen LogP contribution is -2.37.